The van der Waals surface area contributed by atoms with Gasteiger partial charge in [-0.1, -0.05) is 12.1 Å². The van der Waals surface area contributed by atoms with Gasteiger partial charge in [0, 0.05) is 24.4 Å². The van der Waals surface area contributed by atoms with Gasteiger partial charge in [-0.2, -0.15) is 0 Å². The van der Waals surface area contributed by atoms with E-state index in [4.69, 9.17) is 18.9 Å². The Hall–Kier alpha value is -2.47. The Kier molecular flexibility index (Phi) is 7.17. The van der Waals surface area contributed by atoms with Crippen LogP contribution in [-0.4, -0.2) is 39.5 Å². The maximum atomic E-state index is 5.56. The van der Waals surface area contributed by atoms with Crippen LogP contribution in [0.3, 0.4) is 0 Å². The summed E-state index contributed by atoms with van der Waals surface area (Å²) < 4.78 is 21.7. The van der Waals surface area contributed by atoms with Gasteiger partial charge in [-0.15, -0.1) is 0 Å². The average Bonchev–Trinajstić information content (AvgIpc) is 2.64. The molecule has 0 aliphatic heterocycles. The van der Waals surface area contributed by atoms with Crippen LogP contribution in [0.4, 0.5) is 0 Å². The molecule has 24 heavy (non-hydrogen) atoms. The van der Waals surface area contributed by atoms with Gasteiger partial charge >= 0.3 is 0 Å². The summed E-state index contributed by atoms with van der Waals surface area (Å²) in [5.74, 6) is 2.60. The normalized spacial score (nSPS) is 10.3. The smallest absolute Gasteiger partial charge is 0.213 e. The summed E-state index contributed by atoms with van der Waals surface area (Å²) in [7, 11) is 4.84. The van der Waals surface area contributed by atoms with E-state index in [1.54, 1.807) is 27.5 Å². The lowest BCUT2D eigenvalue weighted by atomic mass is 10.1. The van der Waals surface area contributed by atoms with Crippen molar-refractivity contribution in [3.8, 4) is 23.1 Å². The molecule has 1 aromatic carbocycles. The Morgan fingerprint density at radius 3 is 2.46 bits per heavy atom. The molecule has 2 aromatic rings. The highest BCUT2D eigenvalue weighted by Crippen LogP contribution is 2.39. The molecular weight excluding hydrogens is 308 g/mol. The molecule has 6 heteroatoms. The van der Waals surface area contributed by atoms with Crippen LogP contribution >= 0.6 is 0 Å². The number of methoxy groups -OCH3 is 3. The van der Waals surface area contributed by atoms with Crippen molar-refractivity contribution in [1.82, 2.24) is 10.3 Å². The molecule has 1 N–H and O–H groups in total. The number of benzene rings is 1. The third kappa shape index (κ3) is 4.76. The molecule has 130 valence electrons. The van der Waals surface area contributed by atoms with Gasteiger partial charge in [-0.25, -0.2) is 4.98 Å². The van der Waals surface area contributed by atoms with Gasteiger partial charge in [0.25, 0.3) is 0 Å². The van der Waals surface area contributed by atoms with Crippen molar-refractivity contribution in [2.24, 2.45) is 0 Å². The molecule has 0 unspecified atom stereocenters. The Balaban J connectivity index is 1.79. The molecular formula is C18H24N2O4. The maximum Gasteiger partial charge on any atom is 0.213 e. The fourth-order valence-corrected chi connectivity index (χ4v) is 2.33. The number of nitrogens with one attached hydrogen (secondary N) is 1. The molecule has 0 atom stereocenters. The number of nitrogens with zero attached hydrogens (tertiary/aromatic N) is 1. The van der Waals surface area contributed by atoms with Gasteiger partial charge in [-0.3, -0.25) is 0 Å². The molecule has 2 rings (SSSR count). The molecule has 0 fully saturated rings. The van der Waals surface area contributed by atoms with Crippen LogP contribution in [0.5, 0.6) is 23.1 Å². The number of hydrogen-bond donors (Lipinski definition) is 1. The summed E-state index contributed by atoms with van der Waals surface area (Å²) in [5.41, 5.74) is 1.01. The van der Waals surface area contributed by atoms with Gasteiger partial charge < -0.3 is 24.3 Å². The summed E-state index contributed by atoms with van der Waals surface area (Å²) in [4.78, 5) is 4.12. The predicted molar refractivity (Wildman–Crippen MR) is 92.2 cm³/mol. The Bertz CT molecular complexity index is 620. The van der Waals surface area contributed by atoms with E-state index in [2.05, 4.69) is 10.3 Å². The minimum absolute atomic E-state index is 0.609. The van der Waals surface area contributed by atoms with E-state index in [1.807, 2.05) is 30.3 Å². The zero-order chi connectivity index (χ0) is 17.2. The summed E-state index contributed by atoms with van der Waals surface area (Å²) in [5, 5.41) is 3.37. The Labute approximate surface area is 142 Å². The lowest BCUT2D eigenvalue weighted by Gasteiger charge is -2.16. The topological polar surface area (TPSA) is 61.8 Å². The molecule has 0 aliphatic carbocycles. The van der Waals surface area contributed by atoms with Crippen LogP contribution in [0.25, 0.3) is 0 Å². The first-order valence-corrected chi connectivity index (χ1v) is 7.82. The van der Waals surface area contributed by atoms with Gasteiger partial charge in [0.05, 0.1) is 27.9 Å². The van der Waals surface area contributed by atoms with E-state index in [-0.39, 0.29) is 0 Å². The third-order valence-electron chi connectivity index (χ3n) is 3.49. The maximum absolute atomic E-state index is 5.56. The van der Waals surface area contributed by atoms with Crippen LogP contribution in [0, 0.1) is 0 Å². The van der Waals surface area contributed by atoms with E-state index in [1.165, 1.54) is 0 Å². The number of pyridine rings is 1. The van der Waals surface area contributed by atoms with Crippen molar-refractivity contribution in [3.63, 3.8) is 0 Å². The number of ether oxygens (including phenoxy) is 4. The Morgan fingerprint density at radius 1 is 0.958 bits per heavy atom. The van der Waals surface area contributed by atoms with Crippen molar-refractivity contribution < 1.29 is 18.9 Å². The van der Waals surface area contributed by atoms with Crippen LogP contribution in [-0.2, 0) is 6.54 Å². The van der Waals surface area contributed by atoms with E-state index in [0.717, 1.165) is 18.5 Å². The first kappa shape index (κ1) is 17.9. The number of aromatic nitrogens is 1. The highest BCUT2D eigenvalue weighted by molar-refractivity contribution is 5.55. The lowest BCUT2D eigenvalue weighted by Crippen LogP contribution is -2.17. The second kappa shape index (κ2) is 9.62. The standard InChI is InChI=1S/C18H24N2O4/c1-21-15-9-8-14(17(22-2)18(15)23-3)13-19-10-6-12-24-16-7-4-5-11-20-16/h4-5,7-9,11,19H,6,10,12-13H2,1-3H3. The summed E-state index contributed by atoms with van der Waals surface area (Å²) in [6.07, 6.45) is 2.60. The minimum Gasteiger partial charge on any atom is -0.493 e. The first-order valence-electron chi connectivity index (χ1n) is 7.82. The average molecular weight is 332 g/mol. The number of rotatable bonds is 10. The largest absolute Gasteiger partial charge is 0.493 e. The van der Waals surface area contributed by atoms with Gasteiger partial charge in [0.15, 0.2) is 11.5 Å². The molecule has 0 saturated heterocycles. The van der Waals surface area contributed by atoms with Crippen molar-refractivity contribution in [2.75, 3.05) is 34.5 Å². The van der Waals surface area contributed by atoms with Crippen molar-refractivity contribution in [2.45, 2.75) is 13.0 Å². The Morgan fingerprint density at radius 2 is 1.79 bits per heavy atom. The molecule has 6 nitrogen and oxygen atoms in total. The second-order valence-corrected chi connectivity index (χ2v) is 5.04. The van der Waals surface area contributed by atoms with E-state index in [0.29, 0.717) is 36.3 Å². The molecule has 0 saturated carbocycles. The summed E-state index contributed by atoms with van der Waals surface area (Å²) >= 11 is 0. The lowest BCUT2D eigenvalue weighted by molar-refractivity contribution is 0.296. The van der Waals surface area contributed by atoms with E-state index < -0.39 is 0 Å². The third-order valence-corrected chi connectivity index (χ3v) is 3.49. The van der Waals surface area contributed by atoms with Crippen molar-refractivity contribution in [1.29, 1.82) is 0 Å². The molecule has 0 bridgehead atoms. The van der Waals surface area contributed by atoms with Crippen molar-refractivity contribution in [3.05, 3.63) is 42.1 Å². The molecule has 1 heterocycles. The van der Waals surface area contributed by atoms with Crippen LogP contribution in [0.15, 0.2) is 36.5 Å². The molecule has 0 radical (unpaired) electrons. The predicted octanol–water partition coefficient (Wildman–Crippen LogP) is 2.67. The van der Waals surface area contributed by atoms with Crippen LogP contribution < -0.4 is 24.3 Å². The van der Waals surface area contributed by atoms with E-state index >= 15 is 0 Å². The monoisotopic (exact) mass is 332 g/mol. The van der Waals surface area contributed by atoms with Crippen LogP contribution in [0.2, 0.25) is 0 Å². The van der Waals surface area contributed by atoms with E-state index in [9.17, 15) is 0 Å². The summed E-state index contributed by atoms with van der Waals surface area (Å²) in [6.45, 7) is 2.12. The molecule has 0 spiro atoms. The molecule has 0 amide bonds. The second-order valence-electron chi connectivity index (χ2n) is 5.04. The number of hydrogen-bond acceptors (Lipinski definition) is 6. The zero-order valence-electron chi connectivity index (χ0n) is 14.4. The quantitative estimate of drug-likeness (QED) is 0.675. The fourth-order valence-electron chi connectivity index (χ4n) is 2.33. The SMILES string of the molecule is COc1ccc(CNCCCOc2ccccn2)c(OC)c1OC. The van der Waals surface area contributed by atoms with Crippen LogP contribution in [0.1, 0.15) is 12.0 Å². The minimum atomic E-state index is 0.609. The van der Waals surface area contributed by atoms with Crippen molar-refractivity contribution >= 4 is 0 Å². The highest BCUT2D eigenvalue weighted by atomic mass is 16.5. The van der Waals surface area contributed by atoms with Gasteiger partial charge in [-0.05, 0) is 25.1 Å². The highest BCUT2D eigenvalue weighted by Gasteiger charge is 2.15. The summed E-state index contributed by atoms with van der Waals surface area (Å²) in [6, 6.07) is 9.47. The molecule has 0 aliphatic rings. The fraction of sp³-hybridized carbons (Fsp3) is 0.389. The molecule has 1 aromatic heterocycles. The zero-order valence-corrected chi connectivity index (χ0v) is 14.4. The van der Waals surface area contributed by atoms with Gasteiger partial charge in [0.1, 0.15) is 0 Å². The van der Waals surface area contributed by atoms with Gasteiger partial charge in [0.2, 0.25) is 11.6 Å². The first-order chi connectivity index (χ1) is 11.8.